The molecule has 0 unspecified atom stereocenters. The predicted molar refractivity (Wildman–Crippen MR) is 74.3 cm³/mol. The van der Waals surface area contributed by atoms with E-state index in [0.29, 0.717) is 0 Å². The number of anilines is 1. The maximum absolute atomic E-state index is 5.72. The molecule has 0 aliphatic rings. The van der Waals surface area contributed by atoms with Gasteiger partial charge < -0.3 is 10.2 Å². The Morgan fingerprint density at radius 1 is 1.33 bits per heavy atom. The number of nitrogen functional groups attached to an aromatic ring is 1. The molecule has 98 valence electrons. The Morgan fingerprint density at radius 3 is 2.94 bits per heavy atom. The van der Waals surface area contributed by atoms with Crippen molar-refractivity contribution >= 4 is 16.8 Å². The van der Waals surface area contributed by atoms with Crippen LogP contribution in [-0.4, -0.2) is 23.5 Å². The second-order valence-electron chi connectivity index (χ2n) is 4.78. The van der Waals surface area contributed by atoms with Gasteiger partial charge in [0, 0.05) is 5.69 Å². The third kappa shape index (κ3) is 3.23. The van der Waals surface area contributed by atoms with Gasteiger partial charge in [-0.15, -0.1) is 0 Å². The van der Waals surface area contributed by atoms with Crippen molar-refractivity contribution in [1.29, 1.82) is 0 Å². The molecule has 2 aromatic rings. The molecule has 0 saturated carbocycles. The van der Waals surface area contributed by atoms with Crippen LogP contribution in [0.2, 0.25) is 0 Å². The first-order valence-corrected chi connectivity index (χ1v) is 6.52. The summed E-state index contributed by atoms with van der Waals surface area (Å²) in [5.41, 5.74) is 8.09. The molecule has 2 N–H and O–H groups in total. The van der Waals surface area contributed by atoms with E-state index in [1.54, 1.807) is 0 Å². The van der Waals surface area contributed by atoms with Gasteiger partial charge in [-0.25, -0.2) is 4.98 Å². The van der Waals surface area contributed by atoms with Gasteiger partial charge in [0.2, 0.25) is 5.89 Å². The van der Waals surface area contributed by atoms with Crippen LogP contribution < -0.4 is 5.73 Å². The van der Waals surface area contributed by atoms with E-state index >= 15 is 0 Å². The van der Waals surface area contributed by atoms with Crippen molar-refractivity contribution in [3.63, 3.8) is 0 Å². The van der Waals surface area contributed by atoms with E-state index in [1.165, 1.54) is 19.3 Å². The second-order valence-corrected chi connectivity index (χ2v) is 4.78. The molecule has 0 radical (unpaired) electrons. The fraction of sp³-hybridized carbons (Fsp3) is 0.500. The minimum Gasteiger partial charge on any atom is -0.439 e. The smallest absolute Gasteiger partial charge is 0.209 e. The van der Waals surface area contributed by atoms with Crippen LogP contribution in [0.5, 0.6) is 0 Å². The summed E-state index contributed by atoms with van der Waals surface area (Å²) in [7, 11) is 2.10. The molecular formula is C14H21N3O. The molecule has 1 heterocycles. The van der Waals surface area contributed by atoms with Gasteiger partial charge in [0.25, 0.3) is 0 Å². The van der Waals surface area contributed by atoms with Gasteiger partial charge >= 0.3 is 0 Å². The average molecular weight is 247 g/mol. The molecule has 0 bridgehead atoms. The van der Waals surface area contributed by atoms with Gasteiger partial charge in [-0.05, 0) is 38.2 Å². The molecule has 0 atom stereocenters. The molecular weight excluding hydrogens is 226 g/mol. The van der Waals surface area contributed by atoms with Crippen molar-refractivity contribution in [3.8, 4) is 0 Å². The van der Waals surface area contributed by atoms with E-state index in [9.17, 15) is 0 Å². The molecule has 0 amide bonds. The van der Waals surface area contributed by atoms with E-state index in [0.717, 1.165) is 35.8 Å². The largest absolute Gasteiger partial charge is 0.439 e. The van der Waals surface area contributed by atoms with Crippen LogP contribution in [0.25, 0.3) is 11.1 Å². The molecule has 0 spiro atoms. The third-order valence-corrected chi connectivity index (χ3v) is 3.00. The first kappa shape index (κ1) is 12.9. The molecule has 0 saturated heterocycles. The summed E-state index contributed by atoms with van der Waals surface area (Å²) in [5, 5.41) is 0. The topological polar surface area (TPSA) is 55.3 Å². The summed E-state index contributed by atoms with van der Waals surface area (Å²) < 4.78 is 5.69. The quantitative estimate of drug-likeness (QED) is 0.629. The van der Waals surface area contributed by atoms with Gasteiger partial charge in [-0.2, -0.15) is 0 Å². The number of rotatable bonds is 6. The van der Waals surface area contributed by atoms with Gasteiger partial charge in [0.1, 0.15) is 5.52 Å². The lowest BCUT2D eigenvalue weighted by Gasteiger charge is -2.13. The number of fused-ring (bicyclic) bond motifs is 1. The maximum atomic E-state index is 5.72. The predicted octanol–water partition coefficient (Wildman–Crippen LogP) is 3.03. The summed E-state index contributed by atoms with van der Waals surface area (Å²) in [5.74, 6) is 0.759. The van der Waals surface area contributed by atoms with Crippen molar-refractivity contribution < 1.29 is 4.42 Å². The molecule has 4 heteroatoms. The van der Waals surface area contributed by atoms with Crippen LogP contribution in [-0.2, 0) is 6.54 Å². The number of nitrogens with two attached hydrogens (primary N) is 1. The summed E-state index contributed by atoms with van der Waals surface area (Å²) in [6.07, 6.45) is 3.74. The highest BCUT2D eigenvalue weighted by Gasteiger charge is 2.08. The highest BCUT2D eigenvalue weighted by Crippen LogP contribution is 2.19. The van der Waals surface area contributed by atoms with Crippen LogP contribution in [0, 0.1) is 0 Å². The Labute approximate surface area is 108 Å². The molecule has 18 heavy (non-hydrogen) atoms. The van der Waals surface area contributed by atoms with E-state index in [2.05, 4.69) is 23.9 Å². The Balaban J connectivity index is 1.98. The molecule has 0 aliphatic carbocycles. The summed E-state index contributed by atoms with van der Waals surface area (Å²) in [4.78, 5) is 6.69. The Bertz CT molecular complexity index is 507. The summed E-state index contributed by atoms with van der Waals surface area (Å²) in [6.45, 7) is 4.04. The lowest BCUT2D eigenvalue weighted by molar-refractivity contribution is 0.286. The zero-order valence-corrected chi connectivity index (χ0v) is 11.1. The molecule has 0 aliphatic heterocycles. The van der Waals surface area contributed by atoms with Crippen LogP contribution in [0.15, 0.2) is 22.6 Å². The molecule has 2 rings (SSSR count). The average Bonchev–Trinajstić information content (AvgIpc) is 2.70. The van der Waals surface area contributed by atoms with Crippen molar-refractivity contribution in [2.24, 2.45) is 0 Å². The standard InChI is InChI=1S/C14H21N3O/c1-3-4-5-8-17(2)10-14-16-12-9-11(15)6-7-13(12)18-14/h6-7,9H,3-5,8,10,15H2,1-2H3. The third-order valence-electron chi connectivity index (χ3n) is 3.00. The lowest BCUT2D eigenvalue weighted by atomic mass is 10.2. The van der Waals surface area contributed by atoms with Gasteiger partial charge in [0.05, 0.1) is 6.54 Å². The van der Waals surface area contributed by atoms with Crippen molar-refractivity contribution in [3.05, 3.63) is 24.1 Å². The zero-order valence-electron chi connectivity index (χ0n) is 11.1. The fourth-order valence-corrected chi connectivity index (χ4v) is 2.00. The molecule has 4 nitrogen and oxygen atoms in total. The molecule has 1 aromatic heterocycles. The SMILES string of the molecule is CCCCCN(C)Cc1nc2cc(N)ccc2o1. The summed E-state index contributed by atoms with van der Waals surface area (Å²) in [6, 6.07) is 5.56. The van der Waals surface area contributed by atoms with Crippen LogP contribution in [0.4, 0.5) is 5.69 Å². The van der Waals surface area contributed by atoms with Gasteiger partial charge in [0.15, 0.2) is 5.58 Å². The van der Waals surface area contributed by atoms with Crippen molar-refractivity contribution in [2.75, 3.05) is 19.3 Å². The number of nitrogens with zero attached hydrogens (tertiary/aromatic N) is 2. The summed E-state index contributed by atoms with van der Waals surface area (Å²) >= 11 is 0. The monoisotopic (exact) mass is 247 g/mol. The highest BCUT2D eigenvalue weighted by atomic mass is 16.3. The number of oxazole rings is 1. The number of unbranched alkanes of at least 4 members (excludes halogenated alkanes) is 2. The highest BCUT2D eigenvalue weighted by molar-refractivity contribution is 5.76. The maximum Gasteiger partial charge on any atom is 0.209 e. The number of hydrogen-bond donors (Lipinski definition) is 1. The minimum absolute atomic E-state index is 0.721. The van der Waals surface area contributed by atoms with Crippen LogP contribution >= 0.6 is 0 Å². The Hall–Kier alpha value is -1.55. The van der Waals surface area contributed by atoms with Gasteiger partial charge in [-0.1, -0.05) is 19.8 Å². The first-order valence-electron chi connectivity index (χ1n) is 6.52. The van der Waals surface area contributed by atoms with E-state index in [1.807, 2.05) is 18.2 Å². The number of benzene rings is 1. The Kier molecular flexibility index (Phi) is 4.20. The van der Waals surface area contributed by atoms with Crippen molar-refractivity contribution in [2.45, 2.75) is 32.7 Å². The van der Waals surface area contributed by atoms with E-state index in [4.69, 9.17) is 10.2 Å². The number of aromatic nitrogens is 1. The van der Waals surface area contributed by atoms with Gasteiger partial charge in [-0.3, -0.25) is 4.90 Å². The van der Waals surface area contributed by atoms with Crippen LogP contribution in [0.3, 0.4) is 0 Å². The van der Waals surface area contributed by atoms with Crippen molar-refractivity contribution in [1.82, 2.24) is 9.88 Å². The van der Waals surface area contributed by atoms with Crippen LogP contribution in [0.1, 0.15) is 32.1 Å². The fourth-order valence-electron chi connectivity index (χ4n) is 2.00. The minimum atomic E-state index is 0.721. The zero-order chi connectivity index (χ0) is 13.0. The lowest BCUT2D eigenvalue weighted by Crippen LogP contribution is -2.19. The first-order chi connectivity index (χ1) is 8.69. The normalized spacial score (nSPS) is 11.5. The second kappa shape index (κ2) is 5.87. The van der Waals surface area contributed by atoms with E-state index < -0.39 is 0 Å². The Morgan fingerprint density at radius 2 is 2.17 bits per heavy atom. The van der Waals surface area contributed by atoms with E-state index in [-0.39, 0.29) is 0 Å². The molecule has 1 aromatic carbocycles. The number of hydrogen-bond acceptors (Lipinski definition) is 4. The molecule has 0 fully saturated rings.